The topological polar surface area (TPSA) is 100 Å². The van der Waals surface area contributed by atoms with Crippen molar-refractivity contribution in [3.8, 4) is 0 Å². The van der Waals surface area contributed by atoms with E-state index in [2.05, 4.69) is 29.4 Å². The molecule has 42 heavy (non-hydrogen) atoms. The van der Waals surface area contributed by atoms with Gasteiger partial charge in [-0.05, 0) is 42.9 Å². The van der Waals surface area contributed by atoms with Gasteiger partial charge < -0.3 is 25.0 Å². The van der Waals surface area contributed by atoms with Gasteiger partial charge in [-0.2, -0.15) is 0 Å². The Hall–Kier alpha value is -2.53. The van der Waals surface area contributed by atoms with Crippen molar-refractivity contribution in [3.05, 3.63) is 41.2 Å². The van der Waals surface area contributed by atoms with Crippen molar-refractivity contribution in [2.24, 2.45) is 23.7 Å². The maximum absolute atomic E-state index is 14.2. The van der Waals surface area contributed by atoms with Gasteiger partial charge in [0.15, 0.2) is 0 Å². The number of amides is 3. The predicted molar refractivity (Wildman–Crippen MR) is 155 cm³/mol. The van der Waals surface area contributed by atoms with Crippen LogP contribution in [0.2, 0.25) is 5.02 Å². The lowest BCUT2D eigenvalue weighted by molar-refractivity contribution is -0.141. The van der Waals surface area contributed by atoms with Gasteiger partial charge in [0.25, 0.3) is 0 Å². The summed E-state index contributed by atoms with van der Waals surface area (Å²) in [5.41, 5.74) is -0.897. The van der Waals surface area contributed by atoms with E-state index in [1.54, 1.807) is 11.0 Å². The zero-order valence-electron chi connectivity index (χ0n) is 24.2. The van der Waals surface area contributed by atoms with Crippen molar-refractivity contribution in [1.29, 1.82) is 0 Å². The molecule has 3 amide bonds. The van der Waals surface area contributed by atoms with Gasteiger partial charge in [0.1, 0.15) is 17.5 Å². The average molecular weight is 603 g/mol. The molecule has 1 aromatic carbocycles. The maximum Gasteiger partial charge on any atom is 0.246 e. The third-order valence-corrected chi connectivity index (χ3v) is 10.4. The summed E-state index contributed by atoms with van der Waals surface area (Å²) in [6.45, 7) is 8.61. The van der Waals surface area contributed by atoms with Gasteiger partial charge in [0.2, 0.25) is 17.7 Å². The highest BCUT2D eigenvalue weighted by Gasteiger charge is 2.72. The number of carbonyl (C=O) groups excluding carboxylic acids is 3. The quantitative estimate of drug-likeness (QED) is 0.443. The summed E-state index contributed by atoms with van der Waals surface area (Å²) >= 11 is 5.93. The van der Waals surface area contributed by atoms with E-state index < -0.39 is 41.3 Å². The van der Waals surface area contributed by atoms with Crippen molar-refractivity contribution in [1.82, 2.24) is 15.1 Å². The number of benzene rings is 1. The van der Waals surface area contributed by atoms with Crippen molar-refractivity contribution in [2.75, 3.05) is 44.7 Å². The van der Waals surface area contributed by atoms with Gasteiger partial charge in [-0.1, -0.05) is 50.4 Å². The molecule has 1 saturated carbocycles. The van der Waals surface area contributed by atoms with Crippen LogP contribution >= 0.6 is 11.6 Å². The van der Waals surface area contributed by atoms with Crippen LogP contribution in [-0.2, 0) is 23.9 Å². The van der Waals surface area contributed by atoms with E-state index in [1.165, 1.54) is 18.2 Å². The monoisotopic (exact) mass is 602 g/mol. The molecule has 4 heterocycles. The minimum atomic E-state index is -1.23. The van der Waals surface area contributed by atoms with Gasteiger partial charge in [-0.15, -0.1) is 0 Å². The number of fused-ring (bicyclic) bond motifs is 1. The Labute approximate surface area is 251 Å². The van der Waals surface area contributed by atoms with Crippen molar-refractivity contribution in [3.63, 3.8) is 0 Å². The summed E-state index contributed by atoms with van der Waals surface area (Å²) in [6, 6.07) is 3.10. The summed E-state index contributed by atoms with van der Waals surface area (Å²) in [6.07, 6.45) is 6.76. The number of nitrogens with one attached hydrogen (secondary N) is 2. The van der Waals surface area contributed by atoms with Crippen molar-refractivity contribution >= 4 is 35.0 Å². The summed E-state index contributed by atoms with van der Waals surface area (Å²) in [5.74, 6) is -2.34. The lowest BCUT2D eigenvalue weighted by Crippen LogP contribution is -2.58. The normalized spacial score (nSPS) is 35.9. The second-order valence-electron chi connectivity index (χ2n) is 12.5. The first-order valence-corrected chi connectivity index (χ1v) is 15.6. The summed E-state index contributed by atoms with van der Waals surface area (Å²) in [4.78, 5) is 45.9. The van der Waals surface area contributed by atoms with E-state index in [0.29, 0.717) is 43.7 Å². The van der Waals surface area contributed by atoms with Crippen LogP contribution in [0.4, 0.5) is 10.1 Å². The fourth-order valence-corrected chi connectivity index (χ4v) is 7.82. The van der Waals surface area contributed by atoms with E-state index >= 15 is 0 Å². The first-order chi connectivity index (χ1) is 20.2. The maximum atomic E-state index is 14.2. The highest BCUT2D eigenvalue weighted by molar-refractivity contribution is 6.31. The fraction of sp³-hybridized carbons (Fsp3) is 0.645. The Balaban J connectivity index is 1.25. The molecule has 0 unspecified atom stereocenters. The number of morpholine rings is 1. The molecule has 4 aliphatic heterocycles. The van der Waals surface area contributed by atoms with Gasteiger partial charge in [0.05, 0.1) is 36.2 Å². The molecule has 11 heteroatoms. The molecule has 1 aromatic rings. The Morgan fingerprint density at radius 2 is 1.93 bits per heavy atom. The number of carbonyl (C=O) groups is 3. The number of halogens is 2. The molecule has 3 saturated heterocycles. The Bertz CT molecular complexity index is 1260. The third-order valence-electron chi connectivity index (χ3n) is 10.1. The number of ether oxygens (including phenoxy) is 2. The molecule has 2 N–H and O–H groups in total. The van der Waals surface area contributed by atoms with E-state index in [4.69, 9.17) is 21.1 Å². The molecule has 9 nitrogen and oxygen atoms in total. The Morgan fingerprint density at radius 3 is 2.69 bits per heavy atom. The molecule has 2 bridgehead atoms. The predicted octanol–water partition coefficient (Wildman–Crippen LogP) is 3.23. The van der Waals surface area contributed by atoms with Gasteiger partial charge in [-0.25, -0.2) is 4.39 Å². The van der Waals surface area contributed by atoms with Crippen molar-refractivity contribution in [2.45, 2.75) is 63.3 Å². The molecule has 4 fully saturated rings. The Morgan fingerprint density at radius 1 is 1.14 bits per heavy atom. The molecule has 6 rings (SSSR count). The van der Waals surface area contributed by atoms with Crippen LogP contribution in [0.25, 0.3) is 0 Å². The highest BCUT2D eigenvalue weighted by atomic mass is 35.5. The largest absolute Gasteiger partial charge is 0.379 e. The molecule has 5 aliphatic rings. The van der Waals surface area contributed by atoms with E-state index in [-0.39, 0.29) is 22.9 Å². The van der Waals surface area contributed by atoms with Crippen LogP contribution in [-0.4, -0.2) is 90.7 Å². The first-order valence-electron chi connectivity index (χ1n) is 15.2. The van der Waals surface area contributed by atoms with Gasteiger partial charge in [-0.3, -0.25) is 19.3 Å². The molecule has 228 valence electrons. The Kier molecular flexibility index (Phi) is 8.34. The van der Waals surface area contributed by atoms with E-state index in [9.17, 15) is 18.8 Å². The minimum Gasteiger partial charge on any atom is -0.379 e. The number of hydrogen-bond donors (Lipinski definition) is 2. The van der Waals surface area contributed by atoms with Crippen LogP contribution in [0.3, 0.4) is 0 Å². The fourth-order valence-electron chi connectivity index (χ4n) is 7.64. The SMILES string of the molecule is C[C@H]1[C@H](C)CCC[C@@H]1NC(=O)[C@@H]1N(CCCN2CCOCC2)C(=O)[C@@H]2[C@@H](C(=O)Nc3ccc(F)c(Cl)c3)[C@@H]3C=C[C@]21O3. The summed E-state index contributed by atoms with van der Waals surface area (Å²) in [7, 11) is 0. The van der Waals surface area contributed by atoms with Crippen LogP contribution < -0.4 is 10.6 Å². The molecule has 0 aromatic heterocycles. The van der Waals surface area contributed by atoms with Crippen LogP contribution in [0.5, 0.6) is 0 Å². The molecular weight excluding hydrogens is 563 g/mol. The van der Waals surface area contributed by atoms with E-state index in [1.807, 2.05) is 6.08 Å². The minimum absolute atomic E-state index is 0.0203. The lowest BCUT2D eigenvalue weighted by Gasteiger charge is -2.38. The number of likely N-dealkylation sites (tertiary alicyclic amines) is 1. The van der Waals surface area contributed by atoms with Crippen molar-refractivity contribution < 1.29 is 28.2 Å². The average Bonchev–Trinajstić information content (AvgIpc) is 3.61. The van der Waals surface area contributed by atoms with Crippen LogP contribution in [0, 0.1) is 29.5 Å². The summed E-state index contributed by atoms with van der Waals surface area (Å²) in [5, 5.41) is 5.98. The molecule has 1 spiro atoms. The molecule has 0 radical (unpaired) electrons. The smallest absolute Gasteiger partial charge is 0.246 e. The molecule has 8 atom stereocenters. The first kappa shape index (κ1) is 29.5. The van der Waals surface area contributed by atoms with Crippen LogP contribution in [0.1, 0.15) is 39.5 Å². The number of nitrogens with zero attached hydrogens (tertiary/aromatic N) is 2. The molecular formula is C31H40ClFN4O5. The zero-order valence-corrected chi connectivity index (χ0v) is 24.9. The number of rotatable bonds is 8. The van der Waals surface area contributed by atoms with Crippen LogP contribution in [0.15, 0.2) is 30.4 Å². The third kappa shape index (κ3) is 5.25. The van der Waals surface area contributed by atoms with E-state index in [0.717, 1.165) is 38.9 Å². The van der Waals surface area contributed by atoms with Gasteiger partial charge in [0, 0.05) is 37.9 Å². The number of hydrogen-bond acceptors (Lipinski definition) is 6. The number of anilines is 1. The second-order valence-corrected chi connectivity index (χ2v) is 12.9. The lowest BCUT2D eigenvalue weighted by atomic mass is 9.73. The summed E-state index contributed by atoms with van der Waals surface area (Å²) < 4.78 is 25.6. The standard InChI is InChI=1S/C31H40ClFN4O5/c1-18-5-3-6-23(19(18)2)35-29(39)27-31-10-9-24(42-31)25(28(38)34-20-7-8-22(33)21(32)17-20)26(31)30(40)37(27)12-4-11-36-13-15-41-16-14-36/h7-10,17-19,23-27H,3-6,11-16H2,1-2H3,(H,34,38)(H,35,39)/t18-,19+,23+,24+,25+,26+,27+,31+/m1/s1. The second kappa shape index (κ2) is 11.9. The zero-order chi connectivity index (χ0) is 29.6. The van der Waals surface area contributed by atoms with Gasteiger partial charge >= 0.3 is 0 Å². The highest BCUT2D eigenvalue weighted by Crippen LogP contribution is 2.55. The molecule has 1 aliphatic carbocycles.